The SMILES string of the molecule is CC1=CCC(C)(C(=O)[C@@](O)(C(=O)O)[C@H](O)C(=O)O)C=C1. The smallest absolute Gasteiger partial charge is 0.347 e. The van der Waals surface area contributed by atoms with Gasteiger partial charge >= 0.3 is 11.9 Å². The van der Waals surface area contributed by atoms with E-state index in [2.05, 4.69) is 0 Å². The molecule has 1 aliphatic carbocycles. The van der Waals surface area contributed by atoms with Crippen molar-refractivity contribution in [3.63, 3.8) is 0 Å². The molecule has 0 fully saturated rings. The van der Waals surface area contributed by atoms with E-state index in [9.17, 15) is 24.6 Å². The van der Waals surface area contributed by atoms with E-state index in [0.717, 1.165) is 5.57 Å². The number of Topliss-reactive ketones (excluding diaryl/α,β-unsaturated/α-hetero) is 1. The lowest BCUT2D eigenvalue weighted by atomic mass is 9.71. The van der Waals surface area contributed by atoms with Gasteiger partial charge in [-0.2, -0.15) is 0 Å². The highest BCUT2D eigenvalue weighted by atomic mass is 16.4. The highest BCUT2D eigenvalue weighted by molar-refractivity contribution is 6.13. The Morgan fingerprint density at radius 2 is 1.90 bits per heavy atom. The van der Waals surface area contributed by atoms with Gasteiger partial charge in [-0.1, -0.05) is 23.8 Å². The van der Waals surface area contributed by atoms with Crippen molar-refractivity contribution in [3.8, 4) is 0 Å². The number of carbonyl (C=O) groups excluding carboxylic acids is 1. The quantitative estimate of drug-likeness (QED) is 0.511. The molecule has 1 rings (SSSR count). The first-order chi connectivity index (χ1) is 9.05. The summed E-state index contributed by atoms with van der Waals surface area (Å²) in [5.74, 6) is -5.36. The summed E-state index contributed by atoms with van der Waals surface area (Å²) in [5, 5.41) is 37.0. The number of aliphatic carboxylic acids is 2. The fraction of sp³-hybridized carbons (Fsp3) is 0.462. The van der Waals surface area contributed by atoms with Crippen LogP contribution in [0.4, 0.5) is 0 Å². The lowest BCUT2D eigenvalue weighted by Gasteiger charge is -2.34. The van der Waals surface area contributed by atoms with Crippen LogP contribution in [0.3, 0.4) is 0 Å². The molecule has 0 aromatic heterocycles. The molecule has 7 nitrogen and oxygen atoms in total. The van der Waals surface area contributed by atoms with Crippen molar-refractivity contribution in [1.29, 1.82) is 0 Å². The average Bonchev–Trinajstić information content (AvgIpc) is 2.39. The third-order valence-electron chi connectivity index (χ3n) is 3.38. The Labute approximate surface area is 114 Å². The van der Waals surface area contributed by atoms with Crippen molar-refractivity contribution in [2.45, 2.75) is 32.0 Å². The second-order valence-electron chi connectivity index (χ2n) is 5.04. The number of carboxylic acid groups (broad SMARTS) is 2. The fourth-order valence-electron chi connectivity index (χ4n) is 1.95. The number of rotatable bonds is 5. The normalized spacial score (nSPS) is 26.3. The molecule has 110 valence electrons. The Bertz CT molecular complexity index is 519. The molecule has 0 bridgehead atoms. The molecule has 7 heteroatoms. The molecular weight excluding hydrogens is 268 g/mol. The predicted octanol–water partition coefficient (Wildman–Crippen LogP) is -0.271. The summed E-state index contributed by atoms with van der Waals surface area (Å²) in [6.45, 7) is 3.15. The minimum atomic E-state index is -3.40. The lowest BCUT2D eigenvalue weighted by Crippen LogP contribution is -2.62. The number of carbonyl (C=O) groups is 3. The first-order valence-electron chi connectivity index (χ1n) is 5.83. The summed E-state index contributed by atoms with van der Waals surface area (Å²) >= 11 is 0. The van der Waals surface area contributed by atoms with Crippen molar-refractivity contribution in [2.75, 3.05) is 0 Å². The van der Waals surface area contributed by atoms with Gasteiger partial charge in [-0.05, 0) is 20.3 Å². The van der Waals surface area contributed by atoms with Crippen LogP contribution in [0.1, 0.15) is 20.3 Å². The van der Waals surface area contributed by atoms with Gasteiger partial charge in [0, 0.05) is 0 Å². The summed E-state index contributed by atoms with van der Waals surface area (Å²) in [5.41, 5.74) is -3.94. The van der Waals surface area contributed by atoms with Gasteiger partial charge in [-0.3, -0.25) is 4.79 Å². The highest BCUT2D eigenvalue weighted by Crippen LogP contribution is 2.35. The Balaban J connectivity index is 3.24. The summed E-state index contributed by atoms with van der Waals surface area (Å²) in [6, 6.07) is 0. The minimum Gasteiger partial charge on any atom is -0.479 e. The molecule has 3 atom stereocenters. The molecule has 0 heterocycles. The molecule has 4 N–H and O–H groups in total. The number of aliphatic hydroxyl groups is 2. The van der Waals surface area contributed by atoms with E-state index in [4.69, 9.17) is 10.2 Å². The maximum absolute atomic E-state index is 12.3. The Morgan fingerprint density at radius 3 is 2.25 bits per heavy atom. The summed E-state index contributed by atoms with van der Waals surface area (Å²) in [6.07, 6.45) is 1.98. The van der Waals surface area contributed by atoms with E-state index < -0.39 is 34.8 Å². The molecular formula is C13H16O7. The number of carboxylic acids is 2. The first-order valence-corrected chi connectivity index (χ1v) is 5.83. The molecule has 0 aromatic rings. The van der Waals surface area contributed by atoms with E-state index in [1.807, 2.05) is 0 Å². The van der Waals surface area contributed by atoms with Crippen LogP contribution in [-0.4, -0.2) is 49.9 Å². The van der Waals surface area contributed by atoms with E-state index in [-0.39, 0.29) is 6.42 Å². The van der Waals surface area contributed by atoms with Gasteiger partial charge in [0.2, 0.25) is 0 Å². The Morgan fingerprint density at radius 1 is 1.35 bits per heavy atom. The van der Waals surface area contributed by atoms with Crippen molar-refractivity contribution in [1.82, 2.24) is 0 Å². The van der Waals surface area contributed by atoms with Gasteiger partial charge < -0.3 is 20.4 Å². The summed E-state index contributed by atoms with van der Waals surface area (Å²) in [7, 11) is 0. The molecule has 0 radical (unpaired) electrons. The van der Waals surface area contributed by atoms with Gasteiger partial charge in [0.25, 0.3) is 5.60 Å². The van der Waals surface area contributed by atoms with Crippen LogP contribution in [0.2, 0.25) is 0 Å². The minimum absolute atomic E-state index is 0.107. The number of allylic oxidation sites excluding steroid dienone is 4. The summed E-state index contributed by atoms with van der Waals surface area (Å²) < 4.78 is 0. The van der Waals surface area contributed by atoms with E-state index in [0.29, 0.717) is 0 Å². The monoisotopic (exact) mass is 284 g/mol. The molecule has 0 spiro atoms. The van der Waals surface area contributed by atoms with Crippen LogP contribution >= 0.6 is 0 Å². The van der Waals surface area contributed by atoms with Crippen molar-refractivity contribution >= 4 is 17.7 Å². The molecule has 1 aliphatic rings. The van der Waals surface area contributed by atoms with Crippen LogP contribution in [0.25, 0.3) is 0 Å². The second kappa shape index (κ2) is 5.18. The largest absolute Gasteiger partial charge is 0.479 e. The van der Waals surface area contributed by atoms with Gasteiger partial charge in [0.15, 0.2) is 11.9 Å². The molecule has 20 heavy (non-hydrogen) atoms. The zero-order valence-electron chi connectivity index (χ0n) is 11.0. The number of hydrogen-bond acceptors (Lipinski definition) is 5. The van der Waals surface area contributed by atoms with Crippen LogP contribution in [0.5, 0.6) is 0 Å². The Kier molecular flexibility index (Phi) is 4.16. The highest BCUT2D eigenvalue weighted by Gasteiger charge is 2.58. The van der Waals surface area contributed by atoms with Crippen LogP contribution in [-0.2, 0) is 14.4 Å². The molecule has 1 unspecified atom stereocenters. The van der Waals surface area contributed by atoms with Crippen molar-refractivity contribution < 1.29 is 34.8 Å². The Hall–Kier alpha value is -1.99. The van der Waals surface area contributed by atoms with Gasteiger partial charge in [-0.25, -0.2) is 9.59 Å². The maximum Gasteiger partial charge on any atom is 0.347 e. The topological polar surface area (TPSA) is 132 Å². The summed E-state index contributed by atoms with van der Waals surface area (Å²) in [4.78, 5) is 34.2. The molecule has 0 saturated carbocycles. The van der Waals surface area contributed by atoms with Gasteiger partial charge in [-0.15, -0.1) is 0 Å². The fourth-order valence-corrected chi connectivity index (χ4v) is 1.95. The standard InChI is InChI=1S/C13H16O7/c1-7-3-5-12(2,6-4-7)10(17)13(20,11(18)19)8(14)9(15)16/h3-5,8,14,20H,6H2,1-2H3,(H,15,16)(H,18,19)/t8-,12?,13-/m1/s1. The van der Waals surface area contributed by atoms with Crippen molar-refractivity contribution in [2.24, 2.45) is 5.41 Å². The number of aliphatic hydroxyl groups excluding tert-OH is 1. The molecule has 0 amide bonds. The zero-order chi connectivity index (χ0) is 15.7. The van der Waals surface area contributed by atoms with Crippen LogP contribution < -0.4 is 0 Å². The van der Waals surface area contributed by atoms with E-state index >= 15 is 0 Å². The second-order valence-corrected chi connectivity index (χ2v) is 5.04. The van der Waals surface area contributed by atoms with Gasteiger partial charge in [0.05, 0.1) is 5.41 Å². The zero-order valence-corrected chi connectivity index (χ0v) is 11.0. The predicted molar refractivity (Wildman–Crippen MR) is 66.9 cm³/mol. The van der Waals surface area contributed by atoms with Crippen LogP contribution in [0.15, 0.2) is 23.8 Å². The molecule has 0 aromatic carbocycles. The maximum atomic E-state index is 12.3. The number of hydrogen-bond donors (Lipinski definition) is 4. The van der Waals surface area contributed by atoms with Crippen molar-refractivity contribution in [3.05, 3.63) is 23.8 Å². The van der Waals surface area contributed by atoms with Gasteiger partial charge in [0.1, 0.15) is 0 Å². The number of ketones is 1. The van der Waals surface area contributed by atoms with E-state index in [1.54, 1.807) is 19.1 Å². The third-order valence-corrected chi connectivity index (χ3v) is 3.38. The first kappa shape index (κ1) is 16.1. The van der Waals surface area contributed by atoms with E-state index in [1.165, 1.54) is 13.0 Å². The molecule has 0 aliphatic heterocycles. The third kappa shape index (κ3) is 2.50. The lowest BCUT2D eigenvalue weighted by molar-refractivity contribution is -0.189. The van der Waals surface area contributed by atoms with Crippen LogP contribution in [0, 0.1) is 5.41 Å². The molecule has 0 saturated heterocycles. The average molecular weight is 284 g/mol.